The molecule has 2 aliphatic rings. The van der Waals surface area contributed by atoms with Crippen LogP contribution in [0.15, 0.2) is 53.8 Å². The Bertz CT molecular complexity index is 1510. The molecule has 1 aliphatic heterocycles. The van der Waals surface area contributed by atoms with E-state index in [1.807, 2.05) is 23.9 Å². The van der Waals surface area contributed by atoms with Crippen LogP contribution in [0.2, 0.25) is 0 Å². The molecule has 13 heteroatoms. The van der Waals surface area contributed by atoms with Gasteiger partial charge in [-0.2, -0.15) is 13.2 Å². The number of nitrogens with one attached hydrogen (secondary N) is 1. The average Bonchev–Trinajstić information content (AvgIpc) is 3.29. The molecule has 220 valence electrons. The molecule has 5 rings (SSSR count). The first kappa shape index (κ1) is 29.2. The zero-order valence-electron chi connectivity index (χ0n) is 22.5. The molecule has 0 saturated carbocycles. The molecule has 2 heterocycles. The van der Waals surface area contributed by atoms with Crippen molar-refractivity contribution in [3.63, 3.8) is 0 Å². The minimum Gasteiger partial charge on any atom is -0.370 e. The molecule has 2 atom stereocenters. The first-order valence-electron chi connectivity index (χ1n) is 13.2. The van der Waals surface area contributed by atoms with E-state index in [0.29, 0.717) is 37.9 Å². The van der Waals surface area contributed by atoms with Crippen LogP contribution >= 0.6 is 0 Å². The largest absolute Gasteiger partial charge is 0.416 e. The number of aryl methyl sites for hydroxylation is 1. The summed E-state index contributed by atoms with van der Waals surface area (Å²) in [4.78, 5) is 10.2. The number of nitrogens with zero attached hydrogens (tertiary/aromatic N) is 4. The number of benzene rings is 2. The fraction of sp³-hybridized carbons (Fsp3) is 0.429. The van der Waals surface area contributed by atoms with Crippen molar-refractivity contribution in [1.82, 2.24) is 14.9 Å². The van der Waals surface area contributed by atoms with Crippen LogP contribution in [-0.2, 0) is 22.6 Å². The van der Waals surface area contributed by atoms with Crippen LogP contribution in [0.5, 0.6) is 0 Å². The van der Waals surface area contributed by atoms with Crippen LogP contribution in [-0.4, -0.2) is 56.0 Å². The van der Waals surface area contributed by atoms with E-state index in [9.17, 15) is 21.6 Å². The van der Waals surface area contributed by atoms with Gasteiger partial charge in [0.1, 0.15) is 23.8 Å². The van der Waals surface area contributed by atoms with Crippen molar-refractivity contribution < 1.29 is 30.4 Å². The van der Waals surface area contributed by atoms with Crippen molar-refractivity contribution >= 4 is 21.5 Å². The second-order valence-electron chi connectivity index (χ2n) is 10.9. The predicted octanol–water partition coefficient (Wildman–Crippen LogP) is 5.60. The molecule has 0 radical (unpaired) electrons. The van der Waals surface area contributed by atoms with Crippen LogP contribution in [0.4, 0.5) is 33.5 Å². The maximum absolute atomic E-state index is 15.2. The van der Waals surface area contributed by atoms with Gasteiger partial charge in [-0.3, -0.25) is 4.72 Å². The van der Waals surface area contributed by atoms with Gasteiger partial charge in [0.15, 0.2) is 4.90 Å². The van der Waals surface area contributed by atoms with E-state index in [-0.39, 0.29) is 17.4 Å². The molecule has 0 unspecified atom stereocenters. The number of piperidine rings is 1. The smallest absolute Gasteiger partial charge is 0.370 e. The zero-order valence-corrected chi connectivity index (χ0v) is 23.4. The van der Waals surface area contributed by atoms with Crippen LogP contribution in [0.3, 0.4) is 0 Å². The quantitative estimate of drug-likeness (QED) is 0.359. The second-order valence-corrected chi connectivity index (χ2v) is 12.6. The zero-order chi connectivity index (χ0) is 29.6. The average molecular weight is 596 g/mol. The van der Waals surface area contributed by atoms with E-state index in [0.717, 1.165) is 42.9 Å². The SMILES string of the molecule is CN(C)[C@]1(C[C@@H]2CCc3ccc(C(F)(F)F)cc32)CCCN(c2cc(F)c(S(=O)(=O)Nc3ccncn3)c(F)c2)C1. The van der Waals surface area contributed by atoms with Gasteiger partial charge in [0.05, 0.1) is 5.56 Å². The van der Waals surface area contributed by atoms with Crippen LogP contribution in [0.25, 0.3) is 0 Å². The lowest BCUT2D eigenvalue weighted by Gasteiger charge is -2.49. The first-order valence-corrected chi connectivity index (χ1v) is 14.7. The summed E-state index contributed by atoms with van der Waals surface area (Å²) in [7, 11) is -0.806. The fourth-order valence-electron chi connectivity index (χ4n) is 6.11. The lowest BCUT2D eigenvalue weighted by atomic mass is 9.77. The third-order valence-electron chi connectivity index (χ3n) is 8.24. The van der Waals surface area contributed by atoms with Crippen molar-refractivity contribution in [1.29, 1.82) is 0 Å². The van der Waals surface area contributed by atoms with Crippen LogP contribution in [0.1, 0.15) is 48.3 Å². The summed E-state index contributed by atoms with van der Waals surface area (Å²) in [6.07, 6.45) is 1.38. The highest BCUT2D eigenvalue weighted by atomic mass is 32.2. The molecule has 0 amide bonds. The van der Waals surface area contributed by atoms with Crippen molar-refractivity contribution in [3.8, 4) is 0 Å². The van der Waals surface area contributed by atoms with Crippen molar-refractivity contribution in [2.75, 3.05) is 36.8 Å². The number of hydrogen-bond acceptors (Lipinski definition) is 6. The lowest BCUT2D eigenvalue weighted by Crippen LogP contribution is -2.57. The molecule has 41 heavy (non-hydrogen) atoms. The van der Waals surface area contributed by atoms with Crippen LogP contribution in [0, 0.1) is 11.6 Å². The maximum Gasteiger partial charge on any atom is 0.416 e. The molecule has 0 bridgehead atoms. The Kier molecular flexibility index (Phi) is 7.70. The van der Waals surface area contributed by atoms with E-state index in [1.54, 1.807) is 6.07 Å². The Morgan fingerprint density at radius 3 is 2.49 bits per heavy atom. The van der Waals surface area contributed by atoms with Gasteiger partial charge in [0.25, 0.3) is 10.0 Å². The highest BCUT2D eigenvalue weighted by molar-refractivity contribution is 7.92. The Hall–Kier alpha value is -3.32. The number of alkyl halides is 3. The van der Waals surface area contributed by atoms with E-state index < -0.39 is 43.8 Å². The highest BCUT2D eigenvalue weighted by Gasteiger charge is 2.42. The number of likely N-dealkylation sites (N-methyl/N-ethyl adjacent to an activating group) is 1. The summed E-state index contributed by atoms with van der Waals surface area (Å²) < 4.78 is 98.3. The summed E-state index contributed by atoms with van der Waals surface area (Å²) in [6.45, 7) is 0.855. The van der Waals surface area contributed by atoms with E-state index in [1.165, 1.54) is 18.3 Å². The molecule has 0 spiro atoms. The Balaban J connectivity index is 1.41. The van der Waals surface area contributed by atoms with Gasteiger partial charge in [-0.05, 0) is 93.6 Å². The number of anilines is 2. The molecular weight excluding hydrogens is 565 g/mol. The Labute approximate surface area is 235 Å². The summed E-state index contributed by atoms with van der Waals surface area (Å²) in [5.74, 6) is -2.71. The number of halogens is 5. The van der Waals surface area contributed by atoms with Gasteiger partial charge in [-0.1, -0.05) is 6.07 Å². The van der Waals surface area contributed by atoms with E-state index in [2.05, 4.69) is 14.7 Å². The molecule has 1 fully saturated rings. The lowest BCUT2D eigenvalue weighted by molar-refractivity contribution is -0.137. The van der Waals surface area contributed by atoms with Crippen molar-refractivity contribution in [3.05, 3.63) is 77.2 Å². The highest BCUT2D eigenvalue weighted by Crippen LogP contribution is 2.45. The molecule has 3 aromatic rings. The van der Waals surface area contributed by atoms with Crippen molar-refractivity contribution in [2.24, 2.45) is 0 Å². The van der Waals surface area contributed by atoms with Gasteiger partial charge in [0.2, 0.25) is 0 Å². The van der Waals surface area contributed by atoms with E-state index in [4.69, 9.17) is 0 Å². The van der Waals surface area contributed by atoms with Gasteiger partial charge in [0, 0.05) is 30.5 Å². The first-order chi connectivity index (χ1) is 19.3. The normalized spacial score (nSPS) is 21.3. The molecule has 2 aromatic carbocycles. The van der Waals surface area contributed by atoms with Gasteiger partial charge in [-0.15, -0.1) is 0 Å². The second kappa shape index (κ2) is 10.8. The molecule has 1 aromatic heterocycles. The van der Waals surface area contributed by atoms with Gasteiger partial charge >= 0.3 is 6.18 Å². The monoisotopic (exact) mass is 595 g/mol. The number of sulfonamides is 1. The molecule has 1 aliphatic carbocycles. The number of aromatic nitrogens is 2. The Morgan fingerprint density at radius 2 is 1.85 bits per heavy atom. The minimum absolute atomic E-state index is 0.0940. The Morgan fingerprint density at radius 1 is 1.12 bits per heavy atom. The van der Waals surface area contributed by atoms with Gasteiger partial charge in [-0.25, -0.2) is 27.2 Å². The topological polar surface area (TPSA) is 78.4 Å². The van der Waals surface area contributed by atoms with Gasteiger partial charge < -0.3 is 9.80 Å². The van der Waals surface area contributed by atoms with Crippen LogP contribution < -0.4 is 9.62 Å². The third-order valence-corrected chi connectivity index (χ3v) is 9.65. The summed E-state index contributed by atoms with van der Waals surface area (Å²) in [5, 5.41) is 0. The predicted molar refractivity (Wildman–Crippen MR) is 144 cm³/mol. The minimum atomic E-state index is -4.61. The number of rotatable bonds is 7. The van der Waals surface area contributed by atoms with Crippen molar-refractivity contribution in [2.45, 2.75) is 54.6 Å². The standard InChI is InChI=1S/C28H30F5N5O2S/c1-37(2)27(15-19-5-4-18-6-7-20(12-22(18)19)28(31,32)33)9-3-11-38(16-27)21-13-23(29)26(24(30)14-21)41(39,40)36-25-8-10-34-17-35-25/h6-8,10,12-14,17,19H,3-5,9,11,15-16H2,1-2H3,(H,34,35,36)/t19-,27-/m0/s1. The number of hydrogen-bond donors (Lipinski definition) is 1. The molecule has 1 N–H and O–H groups in total. The summed E-state index contributed by atoms with van der Waals surface area (Å²) >= 11 is 0. The number of fused-ring (bicyclic) bond motifs is 1. The third kappa shape index (κ3) is 5.87. The molecule has 7 nitrogen and oxygen atoms in total. The molecule has 1 saturated heterocycles. The summed E-state index contributed by atoms with van der Waals surface area (Å²) in [6, 6.07) is 7.21. The summed E-state index contributed by atoms with van der Waals surface area (Å²) in [5.41, 5.74) is 0.674. The maximum atomic E-state index is 15.2. The van der Waals surface area contributed by atoms with E-state index >= 15 is 8.78 Å². The fourth-order valence-corrected chi connectivity index (χ4v) is 7.24. The molecular formula is C28H30F5N5O2S.